The molecule has 0 bridgehead atoms. The van der Waals surface area contributed by atoms with E-state index in [4.69, 9.17) is 0 Å². The lowest BCUT2D eigenvalue weighted by Crippen LogP contribution is -2.26. The van der Waals surface area contributed by atoms with Crippen LogP contribution in [0.15, 0.2) is 30.7 Å². The smallest absolute Gasteiger partial charge is 0.251 e. The third kappa shape index (κ3) is 3.60. The van der Waals surface area contributed by atoms with Gasteiger partial charge in [-0.2, -0.15) is 0 Å². The van der Waals surface area contributed by atoms with Crippen LogP contribution >= 0.6 is 0 Å². The molecule has 0 fully saturated rings. The molecule has 1 aromatic heterocycles. The normalized spacial score (nSPS) is 10.3. The van der Waals surface area contributed by atoms with Gasteiger partial charge in [0.15, 0.2) is 0 Å². The molecule has 2 rings (SSSR count). The topological polar surface area (TPSA) is 69.8 Å². The molecule has 5 nitrogen and oxygen atoms in total. The van der Waals surface area contributed by atoms with Crippen molar-refractivity contribution >= 4 is 11.6 Å². The first-order valence-corrected chi connectivity index (χ1v) is 6.80. The van der Waals surface area contributed by atoms with Crippen LogP contribution in [0, 0.1) is 6.92 Å². The number of hydrogen-bond donors (Lipinski definition) is 3. The molecule has 0 radical (unpaired) electrons. The first kappa shape index (κ1) is 14.1. The number of aromatic amines is 1. The zero-order chi connectivity index (χ0) is 14.4. The van der Waals surface area contributed by atoms with Gasteiger partial charge in [-0.15, -0.1) is 0 Å². The van der Waals surface area contributed by atoms with E-state index in [1.165, 1.54) is 0 Å². The highest BCUT2D eigenvalue weighted by Gasteiger charge is 2.08. The van der Waals surface area contributed by atoms with E-state index in [-0.39, 0.29) is 5.91 Å². The molecule has 0 aliphatic carbocycles. The third-order valence-electron chi connectivity index (χ3n) is 3.09. The monoisotopic (exact) mass is 272 g/mol. The molecule has 0 saturated heterocycles. The molecule has 0 unspecified atom stereocenters. The lowest BCUT2D eigenvalue weighted by atomic mass is 10.1. The highest BCUT2D eigenvalue weighted by molar-refractivity contribution is 5.96. The first-order chi connectivity index (χ1) is 9.70. The predicted octanol–water partition coefficient (Wildman–Crippen LogP) is 2.12. The second-order valence-electron chi connectivity index (χ2n) is 4.64. The maximum atomic E-state index is 12.1. The number of imidazole rings is 1. The SMILES string of the molecule is CCNc1ccc(C(=O)NCCc2cnc[nH]2)c(C)c1. The van der Waals surface area contributed by atoms with E-state index in [1.807, 2.05) is 32.0 Å². The van der Waals surface area contributed by atoms with E-state index in [0.29, 0.717) is 6.54 Å². The van der Waals surface area contributed by atoms with E-state index in [9.17, 15) is 4.79 Å². The Morgan fingerprint density at radius 1 is 1.40 bits per heavy atom. The average molecular weight is 272 g/mol. The van der Waals surface area contributed by atoms with E-state index >= 15 is 0 Å². The van der Waals surface area contributed by atoms with Crippen LogP contribution in [0.4, 0.5) is 5.69 Å². The number of anilines is 1. The number of nitrogens with one attached hydrogen (secondary N) is 3. The quantitative estimate of drug-likeness (QED) is 0.754. The Morgan fingerprint density at radius 3 is 2.90 bits per heavy atom. The van der Waals surface area contributed by atoms with Crippen molar-refractivity contribution in [2.24, 2.45) is 0 Å². The van der Waals surface area contributed by atoms with Crippen molar-refractivity contribution in [1.82, 2.24) is 15.3 Å². The van der Waals surface area contributed by atoms with Crippen LogP contribution in [0.1, 0.15) is 28.5 Å². The van der Waals surface area contributed by atoms with Gasteiger partial charge in [0.1, 0.15) is 0 Å². The Kier molecular flexibility index (Phi) is 4.76. The molecule has 0 atom stereocenters. The Labute approximate surface area is 118 Å². The molecule has 0 aliphatic rings. The van der Waals surface area contributed by atoms with Gasteiger partial charge in [-0.3, -0.25) is 4.79 Å². The van der Waals surface area contributed by atoms with Crippen molar-refractivity contribution in [3.63, 3.8) is 0 Å². The fraction of sp³-hybridized carbons (Fsp3) is 0.333. The average Bonchev–Trinajstić information content (AvgIpc) is 2.92. The van der Waals surface area contributed by atoms with Crippen molar-refractivity contribution in [1.29, 1.82) is 0 Å². The molecule has 20 heavy (non-hydrogen) atoms. The number of nitrogens with zero attached hydrogens (tertiary/aromatic N) is 1. The summed E-state index contributed by atoms with van der Waals surface area (Å²) in [6.45, 7) is 5.46. The molecule has 3 N–H and O–H groups in total. The fourth-order valence-corrected chi connectivity index (χ4v) is 2.06. The summed E-state index contributed by atoms with van der Waals surface area (Å²) in [6.07, 6.45) is 4.16. The highest BCUT2D eigenvalue weighted by atomic mass is 16.1. The number of H-pyrrole nitrogens is 1. The van der Waals surface area contributed by atoms with Crippen molar-refractivity contribution in [3.05, 3.63) is 47.5 Å². The summed E-state index contributed by atoms with van der Waals surface area (Å²) < 4.78 is 0. The summed E-state index contributed by atoms with van der Waals surface area (Å²) in [6, 6.07) is 5.78. The van der Waals surface area contributed by atoms with Gasteiger partial charge >= 0.3 is 0 Å². The van der Waals surface area contributed by atoms with Crippen LogP contribution in [0.5, 0.6) is 0 Å². The largest absolute Gasteiger partial charge is 0.385 e. The number of hydrogen-bond acceptors (Lipinski definition) is 3. The molecule has 1 amide bonds. The lowest BCUT2D eigenvalue weighted by Gasteiger charge is -2.10. The number of carbonyl (C=O) groups is 1. The zero-order valence-electron chi connectivity index (χ0n) is 11.9. The Balaban J connectivity index is 1.91. The highest BCUT2D eigenvalue weighted by Crippen LogP contribution is 2.15. The molecule has 2 aromatic rings. The predicted molar refractivity (Wildman–Crippen MR) is 80.0 cm³/mol. The number of aromatic nitrogens is 2. The van der Waals surface area contributed by atoms with Crippen LogP contribution in [0.2, 0.25) is 0 Å². The minimum Gasteiger partial charge on any atom is -0.385 e. The van der Waals surface area contributed by atoms with E-state index in [2.05, 4.69) is 20.6 Å². The maximum Gasteiger partial charge on any atom is 0.251 e. The Bertz CT molecular complexity index is 563. The van der Waals surface area contributed by atoms with Gasteiger partial charge in [-0.05, 0) is 37.6 Å². The Hall–Kier alpha value is -2.30. The Morgan fingerprint density at radius 2 is 2.25 bits per heavy atom. The fourth-order valence-electron chi connectivity index (χ4n) is 2.06. The van der Waals surface area contributed by atoms with Crippen LogP contribution in [-0.2, 0) is 6.42 Å². The lowest BCUT2D eigenvalue weighted by molar-refractivity contribution is 0.0953. The number of amides is 1. The van der Waals surface area contributed by atoms with Gasteiger partial charge < -0.3 is 15.6 Å². The summed E-state index contributed by atoms with van der Waals surface area (Å²) in [7, 11) is 0. The summed E-state index contributed by atoms with van der Waals surface area (Å²) in [4.78, 5) is 19.1. The molecular weight excluding hydrogens is 252 g/mol. The molecule has 0 saturated carbocycles. The first-order valence-electron chi connectivity index (χ1n) is 6.80. The number of benzene rings is 1. The van der Waals surface area contributed by atoms with Gasteiger partial charge in [0, 0.05) is 42.7 Å². The number of carbonyl (C=O) groups excluding carboxylic acids is 1. The second-order valence-corrected chi connectivity index (χ2v) is 4.64. The molecule has 0 spiro atoms. The zero-order valence-corrected chi connectivity index (χ0v) is 11.9. The molecule has 1 aromatic carbocycles. The number of rotatable bonds is 6. The van der Waals surface area contributed by atoms with Gasteiger partial charge in [0.05, 0.1) is 6.33 Å². The van der Waals surface area contributed by atoms with E-state index in [1.54, 1.807) is 12.5 Å². The summed E-state index contributed by atoms with van der Waals surface area (Å²) in [5.74, 6) is -0.0370. The van der Waals surface area contributed by atoms with Crippen LogP contribution in [-0.4, -0.2) is 29.0 Å². The molecule has 1 heterocycles. The van der Waals surface area contributed by atoms with Crippen molar-refractivity contribution in [2.45, 2.75) is 20.3 Å². The summed E-state index contributed by atoms with van der Waals surface area (Å²) in [5.41, 5.74) is 3.75. The van der Waals surface area contributed by atoms with Crippen LogP contribution in [0.3, 0.4) is 0 Å². The van der Waals surface area contributed by atoms with E-state index < -0.39 is 0 Å². The van der Waals surface area contributed by atoms with Gasteiger partial charge in [0.2, 0.25) is 0 Å². The standard InChI is InChI=1S/C15H20N4O/c1-3-17-12-4-5-14(11(2)8-12)15(20)18-7-6-13-9-16-10-19-13/h4-5,8-10,17H,3,6-7H2,1-2H3,(H,16,19)(H,18,20). The minimum atomic E-state index is -0.0370. The minimum absolute atomic E-state index is 0.0370. The second kappa shape index (κ2) is 6.75. The van der Waals surface area contributed by atoms with Crippen molar-refractivity contribution in [2.75, 3.05) is 18.4 Å². The molecular formula is C15H20N4O. The van der Waals surface area contributed by atoms with Gasteiger partial charge in [0.25, 0.3) is 5.91 Å². The van der Waals surface area contributed by atoms with Gasteiger partial charge in [-0.25, -0.2) is 4.98 Å². The molecule has 5 heteroatoms. The van der Waals surface area contributed by atoms with Crippen molar-refractivity contribution in [3.8, 4) is 0 Å². The number of aryl methyl sites for hydroxylation is 1. The summed E-state index contributed by atoms with van der Waals surface area (Å²) in [5, 5.41) is 6.16. The van der Waals surface area contributed by atoms with Crippen LogP contribution < -0.4 is 10.6 Å². The summed E-state index contributed by atoms with van der Waals surface area (Å²) >= 11 is 0. The van der Waals surface area contributed by atoms with Gasteiger partial charge in [-0.1, -0.05) is 0 Å². The van der Waals surface area contributed by atoms with E-state index in [0.717, 1.165) is 35.5 Å². The maximum absolute atomic E-state index is 12.1. The third-order valence-corrected chi connectivity index (χ3v) is 3.09. The molecule has 0 aliphatic heterocycles. The van der Waals surface area contributed by atoms with Crippen molar-refractivity contribution < 1.29 is 4.79 Å². The van der Waals surface area contributed by atoms with Crippen LogP contribution in [0.25, 0.3) is 0 Å². The molecule has 106 valence electrons.